The van der Waals surface area contributed by atoms with E-state index in [1.165, 1.54) is 6.07 Å². The van der Waals surface area contributed by atoms with E-state index >= 15 is 0 Å². The van der Waals surface area contributed by atoms with Crippen LogP contribution in [0.25, 0.3) is 22.3 Å². The summed E-state index contributed by atoms with van der Waals surface area (Å²) in [6.07, 6.45) is -2.50. The monoisotopic (exact) mass is 596 g/mol. The van der Waals surface area contributed by atoms with E-state index in [0.717, 1.165) is 36.1 Å². The molecular formula is C29H24F4N6O2S. The molecule has 4 N–H and O–H groups in total. The molecule has 2 heterocycles. The fourth-order valence-electron chi connectivity index (χ4n) is 4.38. The Bertz CT molecular complexity index is 1860. The largest absolute Gasteiger partial charge is 0.411 e. The quantitative estimate of drug-likeness (QED) is 0.194. The Kier molecular flexibility index (Phi) is 6.78. The fourth-order valence-corrected chi connectivity index (χ4v) is 4.97. The maximum atomic E-state index is 14.0. The normalized spacial score (nSPS) is 16.0. The van der Waals surface area contributed by atoms with Crippen molar-refractivity contribution < 1.29 is 26.0 Å². The van der Waals surface area contributed by atoms with Gasteiger partial charge in [-0.15, -0.1) is 0 Å². The summed E-state index contributed by atoms with van der Waals surface area (Å²) in [4.78, 5) is 12.9. The summed E-state index contributed by atoms with van der Waals surface area (Å²) in [6.45, 7) is -0.128. The number of fused-ring (bicyclic) bond motifs is 1. The molecule has 0 spiro atoms. The molecule has 2 aliphatic rings. The van der Waals surface area contributed by atoms with Crippen molar-refractivity contribution in [2.75, 3.05) is 10.6 Å². The second-order valence-corrected chi connectivity index (χ2v) is 12.0. The van der Waals surface area contributed by atoms with E-state index in [1.807, 2.05) is 24.3 Å². The highest BCUT2D eigenvalue weighted by Gasteiger charge is 2.64. The van der Waals surface area contributed by atoms with Crippen LogP contribution in [0.4, 0.5) is 29.3 Å². The number of pyridine rings is 1. The Morgan fingerprint density at radius 3 is 2.38 bits per heavy atom. The van der Waals surface area contributed by atoms with Gasteiger partial charge in [-0.25, -0.2) is 27.9 Å². The number of nitrogens with zero attached hydrogens (tertiary/aromatic N) is 3. The molecule has 8 nitrogen and oxygen atoms in total. The average Bonchev–Trinajstić information content (AvgIpc) is 3.86. The number of alkyl halides is 3. The lowest BCUT2D eigenvalue weighted by Gasteiger charge is -2.22. The minimum absolute atomic E-state index is 0.0578. The molecule has 2 aromatic heterocycles. The third-order valence-corrected chi connectivity index (χ3v) is 7.97. The maximum absolute atomic E-state index is 14.0. The van der Waals surface area contributed by atoms with Crippen LogP contribution in [-0.4, -0.2) is 35.1 Å². The van der Waals surface area contributed by atoms with Gasteiger partial charge in [0.25, 0.3) is 0 Å². The molecule has 216 valence electrons. The van der Waals surface area contributed by atoms with Crippen LogP contribution in [0.3, 0.4) is 0 Å². The van der Waals surface area contributed by atoms with E-state index in [9.17, 15) is 26.0 Å². The first-order valence-corrected chi connectivity index (χ1v) is 14.7. The topological polar surface area (TPSA) is 123 Å². The van der Waals surface area contributed by atoms with Crippen LogP contribution in [0.15, 0.2) is 59.5 Å². The zero-order valence-corrected chi connectivity index (χ0v) is 22.8. The molecule has 0 radical (unpaired) electrons. The van der Waals surface area contributed by atoms with Gasteiger partial charge in [0.15, 0.2) is 5.82 Å². The number of rotatable bonds is 7. The molecule has 0 aliphatic heterocycles. The standard InChI is InChI=1S/C29H24F4N6O2S/c30-21-13-19(14-22(15-21)42(34,40)41)16-35-27-37-24-10-9-23(20-7-5-18(6-8-20)4-3-17-1-2-17)36-25(24)26(38-27)39-28(11-12-28)29(31,32)33/h5-10,13-15,17H,1-2,11-12,16H2,(H2,34,40,41)(H2,35,37,38,39). The Morgan fingerprint density at radius 1 is 1.00 bits per heavy atom. The molecule has 42 heavy (non-hydrogen) atoms. The van der Waals surface area contributed by atoms with Gasteiger partial charge in [-0.3, -0.25) is 0 Å². The molecule has 2 saturated carbocycles. The van der Waals surface area contributed by atoms with Gasteiger partial charge in [-0.05, 0) is 73.7 Å². The van der Waals surface area contributed by atoms with Gasteiger partial charge in [0.1, 0.15) is 16.9 Å². The minimum Gasteiger partial charge on any atom is -0.354 e. The summed E-state index contributed by atoms with van der Waals surface area (Å²) < 4.78 is 79.0. The highest BCUT2D eigenvalue weighted by molar-refractivity contribution is 7.89. The molecule has 0 atom stereocenters. The molecule has 0 saturated heterocycles. The second-order valence-electron chi connectivity index (χ2n) is 10.5. The van der Waals surface area contributed by atoms with Crippen molar-refractivity contribution in [1.29, 1.82) is 0 Å². The Morgan fingerprint density at radius 2 is 1.74 bits per heavy atom. The summed E-state index contributed by atoms with van der Waals surface area (Å²) in [6, 6.07) is 13.8. The molecule has 2 aromatic carbocycles. The van der Waals surface area contributed by atoms with E-state index < -0.39 is 32.5 Å². The lowest BCUT2D eigenvalue weighted by molar-refractivity contribution is -0.151. The maximum Gasteiger partial charge on any atom is 0.411 e. The number of hydrogen-bond acceptors (Lipinski definition) is 7. The predicted octanol–water partition coefficient (Wildman–Crippen LogP) is 5.36. The number of nitrogens with one attached hydrogen (secondary N) is 2. The molecule has 4 aromatic rings. The third-order valence-electron chi connectivity index (χ3n) is 7.08. The van der Waals surface area contributed by atoms with E-state index in [1.54, 1.807) is 12.1 Å². The van der Waals surface area contributed by atoms with Crippen LogP contribution in [-0.2, 0) is 16.6 Å². The van der Waals surface area contributed by atoms with Gasteiger partial charge < -0.3 is 10.6 Å². The van der Waals surface area contributed by atoms with Crippen molar-refractivity contribution in [3.63, 3.8) is 0 Å². The fraction of sp³-hybridized carbons (Fsp3) is 0.276. The zero-order valence-electron chi connectivity index (χ0n) is 22.0. The van der Waals surface area contributed by atoms with E-state index in [0.29, 0.717) is 11.6 Å². The summed E-state index contributed by atoms with van der Waals surface area (Å²) in [5.74, 6) is 5.82. The van der Waals surface area contributed by atoms with Crippen molar-refractivity contribution in [2.24, 2.45) is 11.1 Å². The van der Waals surface area contributed by atoms with Crippen LogP contribution >= 0.6 is 0 Å². The summed E-state index contributed by atoms with van der Waals surface area (Å²) in [7, 11) is -4.16. The highest BCUT2D eigenvalue weighted by Crippen LogP contribution is 2.51. The number of halogens is 4. The van der Waals surface area contributed by atoms with Gasteiger partial charge in [-0.2, -0.15) is 18.2 Å². The van der Waals surface area contributed by atoms with Crippen molar-refractivity contribution >= 4 is 32.8 Å². The van der Waals surface area contributed by atoms with Gasteiger partial charge in [0.05, 0.1) is 16.1 Å². The van der Waals surface area contributed by atoms with Gasteiger partial charge >= 0.3 is 6.18 Å². The van der Waals surface area contributed by atoms with Crippen LogP contribution in [0.5, 0.6) is 0 Å². The van der Waals surface area contributed by atoms with Crippen LogP contribution in [0, 0.1) is 23.6 Å². The van der Waals surface area contributed by atoms with Crippen molar-refractivity contribution in [2.45, 2.75) is 48.8 Å². The number of aromatic nitrogens is 3. The predicted molar refractivity (Wildman–Crippen MR) is 149 cm³/mol. The summed E-state index contributed by atoms with van der Waals surface area (Å²) in [5, 5.41) is 10.5. The second kappa shape index (κ2) is 10.2. The zero-order chi connectivity index (χ0) is 29.7. The molecule has 0 unspecified atom stereocenters. The molecule has 6 rings (SSSR count). The highest BCUT2D eigenvalue weighted by atomic mass is 32.2. The summed E-state index contributed by atoms with van der Waals surface area (Å²) >= 11 is 0. The smallest absolute Gasteiger partial charge is 0.354 e. The number of benzene rings is 2. The lowest BCUT2D eigenvalue weighted by atomic mass is 10.1. The number of hydrogen-bond donors (Lipinski definition) is 3. The van der Waals surface area contributed by atoms with E-state index in [4.69, 9.17) is 5.14 Å². The van der Waals surface area contributed by atoms with Gasteiger partial charge in [0, 0.05) is 23.6 Å². The number of primary sulfonamides is 1. The van der Waals surface area contributed by atoms with Crippen molar-refractivity contribution in [3.8, 4) is 23.1 Å². The van der Waals surface area contributed by atoms with Gasteiger partial charge in [-0.1, -0.05) is 24.0 Å². The van der Waals surface area contributed by atoms with Crippen LogP contribution in [0.2, 0.25) is 0 Å². The number of anilines is 2. The Hall–Kier alpha value is -4.28. The van der Waals surface area contributed by atoms with Crippen molar-refractivity contribution in [3.05, 3.63) is 71.5 Å². The number of nitrogens with two attached hydrogens (primary N) is 1. The first-order valence-electron chi connectivity index (χ1n) is 13.1. The number of sulfonamides is 1. The Labute approximate surface area is 238 Å². The molecular weight excluding hydrogens is 572 g/mol. The average molecular weight is 597 g/mol. The minimum atomic E-state index is -4.52. The SMILES string of the molecule is NS(=O)(=O)c1cc(F)cc(CNc2nc(NC3(C(F)(F)F)CC3)c3nc(-c4ccc(C#CC5CC5)cc4)ccc3n2)c1. The molecule has 13 heteroatoms. The van der Waals surface area contributed by atoms with Gasteiger partial charge in [0.2, 0.25) is 16.0 Å². The van der Waals surface area contributed by atoms with Crippen LogP contribution in [0.1, 0.15) is 36.8 Å². The third kappa shape index (κ3) is 6.00. The van der Waals surface area contributed by atoms with E-state index in [-0.39, 0.29) is 47.7 Å². The lowest BCUT2D eigenvalue weighted by Crippen LogP contribution is -2.39. The first kappa shape index (κ1) is 27.9. The first-order chi connectivity index (χ1) is 19.9. The summed E-state index contributed by atoms with van der Waals surface area (Å²) in [5.41, 5.74) is 0.632. The van der Waals surface area contributed by atoms with Crippen LogP contribution < -0.4 is 15.8 Å². The molecule has 0 amide bonds. The van der Waals surface area contributed by atoms with E-state index in [2.05, 4.69) is 37.4 Å². The van der Waals surface area contributed by atoms with Crippen molar-refractivity contribution in [1.82, 2.24) is 15.0 Å². The Balaban J connectivity index is 1.33. The molecule has 2 aliphatic carbocycles. The molecule has 2 fully saturated rings. The molecule has 0 bridgehead atoms.